The van der Waals surface area contributed by atoms with Crippen molar-refractivity contribution in [3.8, 4) is 5.75 Å². The van der Waals surface area contributed by atoms with Crippen molar-refractivity contribution in [2.45, 2.75) is 0 Å². The standard InChI is InChI=1S/C14H9ClFNO4/c15-9-5-6-12(17(19)20)14(7-9)21-8-13(18)10-3-1-2-4-11(10)16/h1-7H,8H2. The molecule has 0 aliphatic rings. The molecule has 2 aromatic carbocycles. The van der Waals surface area contributed by atoms with Gasteiger partial charge in [0.05, 0.1) is 10.5 Å². The summed E-state index contributed by atoms with van der Waals surface area (Å²) in [4.78, 5) is 22.0. The Bertz CT molecular complexity index is 705. The van der Waals surface area contributed by atoms with Gasteiger partial charge in [-0.05, 0) is 18.2 Å². The summed E-state index contributed by atoms with van der Waals surface area (Å²) >= 11 is 5.73. The molecular weight excluding hydrogens is 301 g/mol. The van der Waals surface area contributed by atoms with E-state index in [4.69, 9.17) is 16.3 Å². The van der Waals surface area contributed by atoms with Crippen LogP contribution < -0.4 is 4.74 Å². The van der Waals surface area contributed by atoms with Crippen LogP contribution >= 0.6 is 11.6 Å². The number of nitrogens with zero attached hydrogens (tertiary/aromatic N) is 1. The van der Waals surface area contributed by atoms with E-state index < -0.39 is 23.1 Å². The highest BCUT2D eigenvalue weighted by atomic mass is 35.5. The van der Waals surface area contributed by atoms with Crippen LogP contribution in [0.4, 0.5) is 10.1 Å². The third-order valence-corrected chi connectivity index (χ3v) is 2.89. The lowest BCUT2D eigenvalue weighted by Crippen LogP contribution is -2.13. The van der Waals surface area contributed by atoms with Gasteiger partial charge in [-0.3, -0.25) is 14.9 Å². The number of nitro groups is 1. The highest BCUT2D eigenvalue weighted by Gasteiger charge is 2.18. The zero-order valence-electron chi connectivity index (χ0n) is 10.6. The van der Waals surface area contributed by atoms with Gasteiger partial charge in [-0.15, -0.1) is 0 Å². The molecule has 0 aliphatic carbocycles. The molecule has 0 aliphatic heterocycles. The summed E-state index contributed by atoms with van der Waals surface area (Å²) < 4.78 is 18.5. The van der Waals surface area contributed by atoms with Crippen molar-refractivity contribution < 1.29 is 18.8 Å². The normalized spacial score (nSPS) is 10.2. The number of hydrogen-bond acceptors (Lipinski definition) is 4. The number of halogens is 2. The maximum atomic E-state index is 13.4. The molecule has 0 N–H and O–H groups in total. The zero-order valence-corrected chi connectivity index (χ0v) is 11.3. The number of ether oxygens (including phenoxy) is 1. The Morgan fingerprint density at radius 1 is 1.29 bits per heavy atom. The predicted molar refractivity (Wildman–Crippen MR) is 74.3 cm³/mol. The van der Waals surface area contributed by atoms with Gasteiger partial charge in [0.1, 0.15) is 5.82 Å². The first kappa shape index (κ1) is 14.9. The molecule has 0 fully saturated rings. The number of benzene rings is 2. The highest BCUT2D eigenvalue weighted by molar-refractivity contribution is 6.30. The quantitative estimate of drug-likeness (QED) is 0.480. The minimum atomic E-state index is -0.674. The molecule has 0 bridgehead atoms. The molecule has 0 unspecified atom stereocenters. The number of Topliss-reactive ketones (excluding diaryl/α,β-unsaturated/α-hetero) is 1. The van der Waals surface area contributed by atoms with Gasteiger partial charge in [0.25, 0.3) is 0 Å². The van der Waals surface area contributed by atoms with Gasteiger partial charge in [0.2, 0.25) is 5.78 Å². The highest BCUT2D eigenvalue weighted by Crippen LogP contribution is 2.30. The average Bonchev–Trinajstić information content (AvgIpc) is 2.45. The fourth-order valence-corrected chi connectivity index (χ4v) is 1.82. The lowest BCUT2D eigenvalue weighted by atomic mass is 10.1. The summed E-state index contributed by atoms with van der Waals surface area (Å²) in [5.41, 5.74) is -0.456. The van der Waals surface area contributed by atoms with Crippen molar-refractivity contribution in [2.75, 3.05) is 6.61 Å². The maximum absolute atomic E-state index is 13.4. The summed E-state index contributed by atoms with van der Waals surface area (Å²) in [7, 11) is 0. The Kier molecular flexibility index (Phi) is 4.49. The van der Waals surface area contributed by atoms with E-state index in [0.717, 1.165) is 6.07 Å². The number of hydrogen-bond donors (Lipinski definition) is 0. The molecule has 7 heteroatoms. The zero-order chi connectivity index (χ0) is 15.4. The smallest absolute Gasteiger partial charge is 0.311 e. The summed E-state index contributed by atoms with van der Waals surface area (Å²) in [6.45, 7) is -0.526. The SMILES string of the molecule is O=C(COc1cc(Cl)ccc1[N+](=O)[O-])c1ccccc1F. The second-order valence-corrected chi connectivity index (χ2v) is 4.50. The van der Waals surface area contributed by atoms with Crippen molar-refractivity contribution >= 4 is 23.1 Å². The van der Waals surface area contributed by atoms with Crippen LogP contribution in [0.25, 0.3) is 0 Å². The molecule has 5 nitrogen and oxygen atoms in total. The van der Waals surface area contributed by atoms with Gasteiger partial charge in [-0.2, -0.15) is 0 Å². The van der Waals surface area contributed by atoms with Crippen LogP contribution in [-0.4, -0.2) is 17.3 Å². The number of carbonyl (C=O) groups excluding carboxylic acids is 1. The summed E-state index contributed by atoms with van der Waals surface area (Å²) in [6.07, 6.45) is 0. The van der Waals surface area contributed by atoms with Crippen LogP contribution in [0.3, 0.4) is 0 Å². The van der Waals surface area contributed by atoms with Crippen LogP contribution in [0.1, 0.15) is 10.4 Å². The molecule has 0 heterocycles. The Labute approximate surface area is 124 Å². The molecule has 0 saturated carbocycles. The predicted octanol–water partition coefficient (Wildman–Crippen LogP) is 3.65. The minimum absolute atomic E-state index is 0.137. The van der Waals surface area contributed by atoms with E-state index in [2.05, 4.69) is 0 Å². The molecule has 0 radical (unpaired) electrons. The van der Waals surface area contributed by atoms with E-state index in [1.807, 2.05) is 0 Å². The van der Waals surface area contributed by atoms with E-state index in [9.17, 15) is 19.3 Å². The van der Waals surface area contributed by atoms with Crippen LogP contribution in [0.5, 0.6) is 5.75 Å². The fraction of sp³-hybridized carbons (Fsp3) is 0.0714. The number of ketones is 1. The van der Waals surface area contributed by atoms with Crippen molar-refractivity contribution in [2.24, 2.45) is 0 Å². The van der Waals surface area contributed by atoms with Crippen molar-refractivity contribution in [1.29, 1.82) is 0 Å². The summed E-state index contributed by atoms with van der Waals surface area (Å²) in [6, 6.07) is 9.17. The third kappa shape index (κ3) is 3.55. The Hall–Kier alpha value is -2.47. The lowest BCUT2D eigenvalue weighted by Gasteiger charge is -2.07. The lowest BCUT2D eigenvalue weighted by molar-refractivity contribution is -0.385. The number of rotatable bonds is 5. The van der Waals surface area contributed by atoms with Gasteiger partial charge >= 0.3 is 5.69 Å². The summed E-state index contributed by atoms with van der Waals surface area (Å²) in [5.74, 6) is -1.44. The van der Waals surface area contributed by atoms with Crippen LogP contribution in [0, 0.1) is 15.9 Å². The van der Waals surface area contributed by atoms with Crippen molar-refractivity contribution in [3.63, 3.8) is 0 Å². The first-order chi connectivity index (χ1) is 9.99. The van der Waals surface area contributed by atoms with Gasteiger partial charge in [-0.1, -0.05) is 23.7 Å². The van der Waals surface area contributed by atoms with Gasteiger partial charge in [-0.25, -0.2) is 4.39 Å². The molecule has 0 atom stereocenters. The van der Waals surface area contributed by atoms with E-state index in [-0.39, 0.29) is 22.0 Å². The molecule has 2 rings (SSSR count). The second kappa shape index (κ2) is 6.32. The first-order valence-electron chi connectivity index (χ1n) is 5.83. The summed E-state index contributed by atoms with van der Waals surface area (Å²) in [5, 5.41) is 11.1. The van der Waals surface area contributed by atoms with Gasteiger partial charge in [0.15, 0.2) is 12.4 Å². The molecule has 0 spiro atoms. The monoisotopic (exact) mass is 309 g/mol. The maximum Gasteiger partial charge on any atom is 0.311 e. The number of nitro benzene ring substituents is 1. The minimum Gasteiger partial charge on any atom is -0.478 e. The molecule has 0 saturated heterocycles. The molecule has 0 aromatic heterocycles. The van der Waals surface area contributed by atoms with Crippen LogP contribution in [0.15, 0.2) is 42.5 Å². The first-order valence-corrected chi connectivity index (χ1v) is 6.21. The molecule has 21 heavy (non-hydrogen) atoms. The fourth-order valence-electron chi connectivity index (χ4n) is 1.66. The van der Waals surface area contributed by atoms with Gasteiger partial charge in [0, 0.05) is 17.2 Å². The van der Waals surface area contributed by atoms with E-state index in [1.54, 1.807) is 0 Å². The van der Waals surface area contributed by atoms with Crippen molar-refractivity contribution in [3.05, 3.63) is 69.0 Å². The van der Waals surface area contributed by atoms with E-state index >= 15 is 0 Å². The molecule has 108 valence electrons. The Balaban J connectivity index is 2.17. The van der Waals surface area contributed by atoms with Crippen LogP contribution in [0.2, 0.25) is 5.02 Å². The average molecular weight is 310 g/mol. The Morgan fingerprint density at radius 2 is 2.00 bits per heavy atom. The van der Waals surface area contributed by atoms with E-state index in [1.165, 1.54) is 36.4 Å². The second-order valence-electron chi connectivity index (χ2n) is 4.06. The van der Waals surface area contributed by atoms with E-state index in [0.29, 0.717) is 0 Å². The largest absolute Gasteiger partial charge is 0.478 e. The van der Waals surface area contributed by atoms with Crippen LogP contribution in [-0.2, 0) is 0 Å². The van der Waals surface area contributed by atoms with Crippen molar-refractivity contribution in [1.82, 2.24) is 0 Å². The molecular formula is C14H9ClFNO4. The Morgan fingerprint density at radius 3 is 2.67 bits per heavy atom. The molecule has 0 amide bonds. The third-order valence-electron chi connectivity index (χ3n) is 2.65. The topological polar surface area (TPSA) is 69.4 Å². The number of carbonyl (C=O) groups is 1. The van der Waals surface area contributed by atoms with Gasteiger partial charge < -0.3 is 4.74 Å². The molecule has 2 aromatic rings.